The molecule has 0 aliphatic heterocycles. The molecule has 4 heteroatoms. The molecule has 0 atom stereocenters. The van der Waals surface area contributed by atoms with Crippen molar-refractivity contribution < 1.29 is 4.42 Å². The minimum Gasteiger partial charge on any atom is -0.420 e. The second-order valence-corrected chi connectivity index (χ2v) is 3.14. The first-order chi connectivity index (χ1) is 6.16. The van der Waals surface area contributed by atoms with Crippen LogP contribution in [0.3, 0.4) is 0 Å². The number of benzene rings is 1. The molecule has 1 aromatic heterocycles. The molecule has 0 unspecified atom stereocenters. The molecular weight excluding hydrogens is 190 g/mol. The Morgan fingerprint density at radius 2 is 2.23 bits per heavy atom. The Bertz CT molecular complexity index is 518. The molecule has 0 amide bonds. The van der Waals surface area contributed by atoms with Gasteiger partial charge in [0.15, 0.2) is 5.58 Å². The van der Waals surface area contributed by atoms with Crippen molar-refractivity contribution in [1.82, 2.24) is 4.98 Å². The summed E-state index contributed by atoms with van der Waals surface area (Å²) in [5, 5.41) is 0.529. The highest BCUT2D eigenvalue weighted by Gasteiger charge is 2.02. The zero-order valence-electron chi connectivity index (χ0n) is 6.87. The van der Waals surface area contributed by atoms with Crippen molar-refractivity contribution in [3.8, 4) is 0 Å². The molecule has 0 radical (unpaired) electrons. The molecule has 0 bridgehead atoms. The standard InChI is InChI=1S/C9H6ClNO2/c1-5-9(12)13-8-4-6(10)2-3-7(8)11-5/h2-4H,1H3. The van der Waals surface area contributed by atoms with Crippen molar-refractivity contribution in [2.75, 3.05) is 0 Å². The van der Waals surface area contributed by atoms with Gasteiger partial charge in [-0.2, -0.15) is 0 Å². The summed E-state index contributed by atoms with van der Waals surface area (Å²) in [5.74, 6) is 0. The van der Waals surface area contributed by atoms with E-state index in [1.165, 1.54) is 0 Å². The van der Waals surface area contributed by atoms with Gasteiger partial charge in [0.05, 0.1) is 0 Å². The highest BCUT2D eigenvalue weighted by Crippen LogP contribution is 2.15. The van der Waals surface area contributed by atoms with Crippen LogP contribution in [0.4, 0.5) is 0 Å². The molecule has 0 saturated carbocycles. The minimum atomic E-state index is -0.422. The Balaban J connectivity index is 2.89. The predicted octanol–water partition coefficient (Wildman–Crippen LogP) is 2.15. The third-order valence-electron chi connectivity index (χ3n) is 1.71. The third kappa shape index (κ3) is 1.42. The van der Waals surface area contributed by atoms with Gasteiger partial charge in [0.1, 0.15) is 11.2 Å². The smallest absolute Gasteiger partial charge is 0.357 e. The summed E-state index contributed by atoms with van der Waals surface area (Å²) in [6.45, 7) is 1.61. The second-order valence-electron chi connectivity index (χ2n) is 2.70. The molecule has 0 spiro atoms. The van der Waals surface area contributed by atoms with E-state index in [1.54, 1.807) is 25.1 Å². The molecule has 0 aliphatic carbocycles. The molecule has 0 N–H and O–H groups in total. The van der Waals surface area contributed by atoms with Crippen LogP contribution < -0.4 is 5.63 Å². The Kier molecular flexibility index (Phi) is 1.81. The number of fused-ring (bicyclic) bond motifs is 1. The average Bonchev–Trinajstić information content (AvgIpc) is 2.08. The maximum absolute atomic E-state index is 11.1. The first-order valence-corrected chi connectivity index (χ1v) is 4.11. The summed E-state index contributed by atoms with van der Waals surface area (Å²) in [7, 11) is 0. The molecular formula is C9H6ClNO2. The van der Waals surface area contributed by atoms with Crippen LogP contribution in [0.25, 0.3) is 11.1 Å². The van der Waals surface area contributed by atoms with E-state index in [0.717, 1.165) is 0 Å². The van der Waals surface area contributed by atoms with E-state index in [4.69, 9.17) is 16.0 Å². The molecule has 13 heavy (non-hydrogen) atoms. The molecule has 2 rings (SSSR count). The van der Waals surface area contributed by atoms with Crippen molar-refractivity contribution in [2.45, 2.75) is 6.92 Å². The largest absolute Gasteiger partial charge is 0.420 e. The van der Waals surface area contributed by atoms with E-state index in [9.17, 15) is 4.79 Å². The molecule has 66 valence electrons. The summed E-state index contributed by atoms with van der Waals surface area (Å²) >= 11 is 5.72. The van der Waals surface area contributed by atoms with Gasteiger partial charge in [-0.1, -0.05) is 11.6 Å². The lowest BCUT2D eigenvalue weighted by Crippen LogP contribution is -2.05. The van der Waals surface area contributed by atoms with Crippen LogP contribution in [0.15, 0.2) is 27.4 Å². The van der Waals surface area contributed by atoms with Gasteiger partial charge in [-0.25, -0.2) is 9.78 Å². The number of hydrogen-bond acceptors (Lipinski definition) is 3. The molecule has 0 aliphatic rings. The van der Waals surface area contributed by atoms with Crippen LogP contribution in [-0.2, 0) is 0 Å². The number of aryl methyl sites for hydroxylation is 1. The Morgan fingerprint density at radius 1 is 1.46 bits per heavy atom. The predicted molar refractivity (Wildman–Crippen MR) is 50.0 cm³/mol. The zero-order chi connectivity index (χ0) is 9.42. The van der Waals surface area contributed by atoms with Gasteiger partial charge in [-0.3, -0.25) is 0 Å². The van der Waals surface area contributed by atoms with Crippen molar-refractivity contribution in [2.24, 2.45) is 0 Å². The van der Waals surface area contributed by atoms with E-state index >= 15 is 0 Å². The summed E-state index contributed by atoms with van der Waals surface area (Å²) < 4.78 is 4.97. The Labute approximate surface area is 79.0 Å². The van der Waals surface area contributed by atoms with Crippen molar-refractivity contribution in [3.05, 3.63) is 39.3 Å². The Morgan fingerprint density at radius 3 is 3.00 bits per heavy atom. The summed E-state index contributed by atoms with van der Waals surface area (Å²) in [6.07, 6.45) is 0. The first-order valence-electron chi connectivity index (χ1n) is 3.74. The summed E-state index contributed by atoms with van der Waals surface area (Å²) in [6, 6.07) is 4.99. The highest BCUT2D eigenvalue weighted by atomic mass is 35.5. The Hall–Kier alpha value is -1.35. The maximum atomic E-state index is 11.1. The molecule has 1 heterocycles. The quantitative estimate of drug-likeness (QED) is 0.647. The van der Waals surface area contributed by atoms with Gasteiger partial charge in [-0.15, -0.1) is 0 Å². The fourth-order valence-electron chi connectivity index (χ4n) is 1.06. The number of nitrogens with zero attached hydrogens (tertiary/aromatic N) is 1. The van der Waals surface area contributed by atoms with Crippen LogP contribution in [0.1, 0.15) is 5.69 Å². The minimum absolute atomic E-state index is 0.356. The fraction of sp³-hybridized carbons (Fsp3) is 0.111. The first kappa shape index (κ1) is 8.26. The summed E-state index contributed by atoms with van der Waals surface area (Å²) in [5.41, 5.74) is 0.995. The SMILES string of the molecule is Cc1nc2ccc(Cl)cc2oc1=O. The lowest BCUT2D eigenvalue weighted by atomic mass is 10.3. The van der Waals surface area contributed by atoms with Gasteiger partial charge in [0, 0.05) is 11.1 Å². The number of halogens is 1. The molecule has 3 nitrogen and oxygen atoms in total. The van der Waals surface area contributed by atoms with Crippen molar-refractivity contribution in [3.63, 3.8) is 0 Å². The maximum Gasteiger partial charge on any atom is 0.357 e. The van der Waals surface area contributed by atoms with Gasteiger partial charge < -0.3 is 4.42 Å². The van der Waals surface area contributed by atoms with Crippen molar-refractivity contribution in [1.29, 1.82) is 0 Å². The highest BCUT2D eigenvalue weighted by molar-refractivity contribution is 6.31. The van der Waals surface area contributed by atoms with Gasteiger partial charge in [0.2, 0.25) is 0 Å². The molecule has 0 saturated heterocycles. The lowest BCUT2D eigenvalue weighted by molar-refractivity contribution is 0.547. The number of rotatable bonds is 0. The van der Waals surface area contributed by atoms with E-state index < -0.39 is 5.63 Å². The van der Waals surface area contributed by atoms with E-state index in [-0.39, 0.29) is 0 Å². The zero-order valence-corrected chi connectivity index (χ0v) is 7.63. The average molecular weight is 196 g/mol. The van der Waals surface area contributed by atoms with Gasteiger partial charge in [-0.05, 0) is 19.1 Å². The second kappa shape index (κ2) is 2.85. The van der Waals surface area contributed by atoms with Crippen LogP contribution in [0.5, 0.6) is 0 Å². The molecule has 1 aromatic carbocycles. The monoisotopic (exact) mass is 195 g/mol. The van der Waals surface area contributed by atoms with Crippen LogP contribution in [-0.4, -0.2) is 4.98 Å². The van der Waals surface area contributed by atoms with Crippen LogP contribution in [0.2, 0.25) is 5.02 Å². The third-order valence-corrected chi connectivity index (χ3v) is 1.94. The van der Waals surface area contributed by atoms with Crippen LogP contribution in [0, 0.1) is 6.92 Å². The van der Waals surface area contributed by atoms with Crippen LogP contribution >= 0.6 is 11.6 Å². The van der Waals surface area contributed by atoms with E-state index in [0.29, 0.717) is 21.8 Å². The summed E-state index contributed by atoms with van der Waals surface area (Å²) in [4.78, 5) is 15.1. The van der Waals surface area contributed by atoms with E-state index in [2.05, 4.69) is 4.98 Å². The molecule has 0 fully saturated rings. The molecule has 2 aromatic rings. The fourth-order valence-corrected chi connectivity index (χ4v) is 1.22. The van der Waals surface area contributed by atoms with Gasteiger partial charge in [0.25, 0.3) is 0 Å². The number of aromatic nitrogens is 1. The van der Waals surface area contributed by atoms with E-state index in [1.807, 2.05) is 0 Å². The van der Waals surface area contributed by atoms with Crippen molar-refractivity contribution >= 4 is 22.7 Å². The lowest BCUT2D eigenvalue weighted by Gasteiger charge is -1.96. The number of hydrogen-bond donors (Lipinski definition) is 0. The van der Waals surface area contributed by atoms with Gasteiger partial charge >= 0.3 is 5.63 Å². The normalized spacial score (nSPS) is 10.6. The topological polar surface area (TPSA) is 43.1 Å².